The average molecular weight is 425 g/mol. The third-order valence-electron chi connectivity index (χ3n) is 4.59. The van der Waals surface area contributed by atoms with Gasteiger partial charge in [0.1, 0.15) is 11.6 Å². The minimum atomic E-state index is 0.446. The van der Waals surface area contributed by atoms with Gasteiger partial charge >= 0.3 is 0 Å². The number of anilines is 2. The SMILES string of the molecule is COCCNc1nc(-c2ccc(OC)cc2)c2c(N)n(-c3ccc(Cl)cc3)nc2n1. The number of nitrogens with two attached hydrogens (primary N) is 1. The highest BCUT2D eigenvalue weighted by Crippen LogP contribution is 2.33. The Labute approximate surface area is 178 Å². The fourth-order valence-electron chi connectivity index (χ4n) is 3.09. The molecule has 0 spiro atoms. The van der Waals surface area contributed by atoms with Crippen molar-refractivity contribution in [2.24, 2.45) is 0 Å². The minimum Gasteiger partial charge on any atom is -0.497 e. The number of hydrogen-bond acceptors (Lipinski definition) is 7. The van der Waals surface area contributed by atoms with E-state index in [-0.39, 0.29) is 0 Å². The van der Waals surface area contributed by atoms with Gasteiger partial charge in [-0.05, 0) is 48.5 Å². The molecule has 0 bridgehead atoms. The van der Waals surface area contributed by atoms with Gasteiger partial charge in [0.05, 0.1) is 30.5 Å². The van der Waals surface area contributed by atoms with Crippen molar-refractivity contribution >= 4 is 34.4 Å². The molecule has 30 heavy (non-hydrogen) atoms. The van der Waals surface area contributed by atoms with Gasteiger partial charge in [-0.1, -0.05) is 11.6 Å². The predicted octanol–water partition coefficient (Wildman–Crippen LogP) is 3.79. The Hall–Kier alpha value is -3.36. The van der Waals surface area contributed by atoms with Crippen LogP contribution >= 0.6 is 11.6 Å². The standard InChI is InChI=1S/C21H21ClN6O2/c1-29-12-11-24-21-25-18(13-3-9-16(30-2)10-4-13)17-19(23)28(27-20(17)26-21)15-7-5-14(22)6-8-15/h3-10H,11-12,23H2,1-2H3,(H,24,26,27). The van der Waals surface area contributed by atoms with Gasteiger partial charge in [-0.3, -0.25) is 0 Å². The first kappa shape index (κ1) is 19.9. The quantitative estimate of drug-likeness (QED) is 0.435. The van der Waals surface area contributed by atoms with E-state index in [2.05, 4.69) is 15.4 Å². The fourth-order valence-corrected chi connectivity index (χ4v) is 3.22. The molecular weight excluding hydrogens is 404 g/mol. The molecule has 2 aromatic heterocycles. The summed E-state index contributed by atoms with van der Waals surface area (Å²) >= 11 is 6.02. The molecule has 4 aromatic rings. The second-order valence-electron chi connectivity index (χ2n) is 6.52. The van der Waals surface area contributed by atoms with Crippen LogP contribution in [0.3, 0.4) is 0 Å². The molecule has 0 fully saturated rings. The minimum absolute atomic E-state index is 0.446. The van der Waals surface area contributed by atoms with E-state index in [4.69, 9.17) is 31.8 Å². The molecule has 0 aliphatic carbocycles. The zero-order chi connectivity index (χ0) is 21.1. The van der Waals surface area contributed by atoms with Crippen molar-refractivity contribution in [3.05, 3.63) is 53.6 Å². The van der Waals surface area contributed by atoms with E-state index in [0.717, 1.165) is 17.0 Å². The summed E-state index contributed by atoms with van der Waals surface area (Å²) < 4.78 is 12.0. The lowest BCUT2D eigenvalue weighted by Gasteiger charge is -2.09. The summed E-state index contributed by atoms with van der Waals surface area (Å²) in [4.78, 5) is 9.26. The number of hydrogen-bond donors (Lipinski definition) is 2. The van der Waals surface area contributed by atoms with E-state index in [1.807, 2.05) is 36.4 Å². The Kier molecular flexibility index (Phi) is 5.69. The Balaban J connectivity index is 1.88. The molecule has 2 aromatic carbocycles. The second-order valence-corrected chi connectivity index (χ2v) is 6.95. The lowest BCUT2D eigenvalue weighted by Crippen LogP contribution is -2.10. The van der Waals surface area contributed by atoms with Crippen molar-refractivity contribution in [2.75, 3.05) is 38.4 Å². The van der Waals surface area contributed by atoms with Crippen LogP contribution in [0.2, 0.25) is 5.02 Å². The van der Waals surface area contributed by atoms with Crippen molar-refractivity contribution in [3.8, 4) is 22.7 Å². The van der Waals surface area contributed by atoms with E-state index < -0.39 is 0 Å². The second kappa shape index (κ2) is 8.56. The third kappa shape index (κ3) is 3.87. The number of nitrogens with one attached hydrogen (secondary N) is 1. The van der Waals surface area contributed by atoms with Crippen LogP contribution in [-0.2, 0) is 4.74 Å². The molecule has 8 nitrogen and oxygen atoms in total. The van der Waals surface area contributed by atoms with Crippen LogP contribution in [0.5, 0.6) is 5.75 Å². The summed E-state index contributed by atoms with van der Waals surface area (Å²) in [6.45, 7) is 1.10. The summed E-state index contributed by atoms with van der Waals surface area (Å²) in [7, 11) is 3.27. The third-order valence-corrected chi connectivity index (χ3v) is 4.84. The van der Waals surface area contributed by atoms with Crippen LogP contribution in [-0.4, -0.2) is 47.1 Å². The summed E-state index contributed by atoms with van der Waals surface area (Å²) in [5.41, 5.74) is 9.32. The number of methoxy groups -OCH3 is 2. The van der Waals surface area contributed by atoms with Gasteiger partial charge in [-0.2, -0.15) is 4.98 Å². The van der Waals surface area contributed by atoms with Crippen LogP contribution in [0.4, 0.5) is 11.8 Å². The number of rotatable bonds is 7. The van der Waals surface area contributed by atoms with Crippen LogP contribution < -0.4 is 15.8 Å². The fraction of sp³-hybridized carbons (Fsp3) is 0.190. The molecule has 154 valence electrons. The van der Waals surface area contributed by atoms with Gasteiger partial charge in [0.15, 0.2) is 5.65 Å². The highest BCUT2D eigenvalue weighted by molar-refractivity contribution is 6.30. The van der Waals surface area contributed by atoms with Crippen LogP contribution in [0, 0.1) is 0 Å². The molecule has 0 amide bonds. The van der Waals surface area contributed by atoms with Gasteiger partial charge < -0.3 is 20.5 Å². The lowest BCUT2D eigenvalue weighted by atomic mass is 10.1. The first-order valence-electron chi connectivity index (χ1n) is 9.30. The van der Waals surface area contributed by atoms with Crippen molar-refractivity contribution in [1.29, 1.82) is 0 Å². The normalized spacial score (nSPS) is 11.0. The van der Waals surface area contributed by atoms with Gasteiger partial charge in [-0.15, -0.1) is 5.10 Å². The molecule has 2 heterocycles. The summed E-state index contributed by atoms with van der Waals surface area (Å²) in [6, 6.07) is 14.9. The molecule has 0 atom stereocenters. The molecule has 4 rings (SSSR count). The summed E-state index contributed by atoms with van der Waals surface area (Å²) in [6.07, 6.45) is 0. The molecule has 0 unspecified atom stereocenters. The van der Waals surface area contributed by atoms with Crippen molar-refractivity contribution in [1.82, 2.24) is 19.7 Å². The van der Waals surface area contributed by atoms with Crippen LogP contribution in [0.15, 0.2) is 48.5 Å². The molecule has 0 radical (unpaired) electrons. The lowest BCUT2D eigenvalue weighted by molar-refractivity contribution is 0.210. The molecule has 3 N–H and O–H groups in total. The van der Waals surface area contributed by atoms with Crippen LogP contribution in [0.25, 0.3) is 28.0 Å². The van der Waals surface area contributed by atoms with Crippen LogP contribution in [0.1, 0.15) is 0 Å². The molecule has 0 saturated heterocycles. The zero-order valence-corrected chi connectivity index (χ0v) is 17.3. The largest absolute Gasteiger partial charge is 0.497 e. The van der Waals surface area contributed by atoms with E-state index >= 15 is 0 Å². The van der Waals surface area contributed by atoms with Gasteiger partial charge in [0.2, 0.25) is 5.95 Å². The van der Waals surface area contributed by atoms with E-state index in [9.17, 15) is 0 Å². The number of aromatic nitrogens is 4. The van der Waals surface area contributed by atoms with E-state index in [1.165, 1.54) is 0 Å². The smallest absolute Gasteiger partial charge is 0.225 e. The Bertz CT molecular complexity index is 1160. The topological polar surface area (TPSA) is 100 Å². The first-order chi connectivity index (χ1) is 14.6. The van der Waals surface area contributed by atoms with Crippen molar-refractivity contribution < 1.29 is 9.47 Å². The number of fused-ring (bicyclic) bond motifs is 1. The Morgan fingerprint density at radius 1 is 1.03 bits per heavy atom. The van der Waals surface area contributed by atoms with E-state index in [0.29, 0.717) is 46.7 Å². The maximum atomic E-state index is 6.50. The monoisotopic (exact) mass is 424 g/mol. The highest BCUT2D eigenvalue weighted by atomic mass is 35.5. The number of benzene rings is 2. The Morgan fingerprint density at radius 2 is 1.77 bits per heavy atom. The van der Waals surface area contributed by atoms with Crippen molar-refractivity contribution in [3.63, 3.8) is 0 Å². The maximum absolute atomic E-state index is 6.50. The maximum Gasteiger partial charge on any atom is 0.225 e. The Morgan fingerprint density at radius 3 is 2.43 bits per heavy atom. The number of nitrogens with zero attached hydrogens (tertiary/aromatic N) is 4. The number of nitrogen functional groups attached to an aromatic ring is 1. The molecule has 9 heteroatoms. The average Bonchev–Trinajstić information content (AvgIpc) is 3.10. The van der Waals surface area contributed by atoms with Gasteiger partial charge in [0, 0.05) is 24.2 Å². The summed E-state index contributed by atoms with van der Waals surface area (Å²) in [5.74, 6) is 1.65. The predicted molar refractivity (Wildman–Crippen MR) is 118 cm³/mol. The summed E-state index contributed by atoms with van der Waals surface area (Å²) in [5, 5.41) is 9.10. The van der Waals surface area contributed by atoms with Gasteiger partial charge in [0.25, 0.3) is 0 Å². The zero-order valence-electron chi connectivity index (χ0n) is 16.6. The first-order valence-corrected chi connectivity index (χ1v) is 9.68. The van der Waals surface area contributed by atoms with Gasteiger partial charge in [-0.25, -0.2) is 9.67 Å². The molecule has 0 aliphatic rings. The number of ether oxygens (including phenoxy) is 2. The van der Waals surface area contributed by atoms with Crippen molar-refractivity contribution in [2.45, 2.75) is 0 Å². The highest BCUT2D eigenvalue weighted by Gasteiger charge is 2.19. The molecule has 0 saturated carbocycles. The molecular formula is C21H21ClN6O2. The van der Waals surface area contributed by atoms with E-state index in [1.54, 1.807) is 31.0 Å². The molecule has 0 aliphatic heterocycles. The number of halogens is 1.